The quantitative estimate of drug-likeness (QED) is 0.192. The van der Waals surface area contributed by atoms with Gasteiger partial charge in [-0.1, -0.05) is 56.7 Å². The molecular weight excluding hydrogens is 382 g/mol. The molecule has 0 N–H and O–H groups in total. The molecule has 0 aliphatic rings. The largest absolute Gasteiger partial charge is 0.492 e. The van der Waals surface area contributed by atoms with E-state index < -0.39 is 0 Å². The summed E-state index contributed by atoms with van der Waals surface area (Å²) in [6.45, 7) is 6.87. The highest BCUT2D eigenvalue weighted by Crippen LogP contribution is 2.21. The highest BCUT2D eigenvalue weighted by atomic mass is 16.5. The van der Waals surface area contributed by atoms with E-state index in [0.717, 1.165) is 68.9 Å². The highest BCUT2D eigenvalue weighted by Gasteiger charge is 2.02. The Morgan fingerprint density at radius 2 is 1.58 bits per heavy atom. The third-order valence-electron chi connectivity index (χ3n) is 5.27. The standard InChI is InChI=1S/C28H41NO2/c1-3-5-6-7-8-9-13-23-31-27-19-20-28(29-24-27)26-17-15-25(16-18-26)14-11-10-12-22-30-21-4-2/h5-6,15-20,24H,3-4,7-14,21-23H2,1-2H3/b6-5+. The Hall–Kier alpha value is -2.13. The maximum Gasteiger partial charge on any atom is 0.137 e. The first-order valence-electron chi connectivity index (χ1n) is 12.2. The van der Waals surface area contributed by atoms with Crippen molar-refractivity contribution in [1.82, 2.24) is 4.98 Å². The van der Waals surface area contributed by atoms with E-state index in [2.05, 4.69) is 61.3 Å². The second kappa shape index (κ2) is 16.5. The second-order valence-electron chi connectivity index (χ2n) is 8.08. The molecule has 3 nitrogen and oxygen atoms in total. The monoisotopic (exact) mass is 423 g/mol. The van der Waals surface area contributed by atoms with Gasteiger partial charge in [0.2, 0.25) is 0 Å². The molecule has 0 unspecified atom stereocenters. The van der Waals surface area contributed by atoms with Gasteiger partial charge in [0.05, 0.1) is 18.5 Å². The van der Waals surface area contributed by atoms with Crippen molar-refractivity contribution in [2.45, 2.75) is 78.1 Å². The Morgan fingerprint density at radius 1 is 0.774 bits per heavy atom. The average Bonchev–Trinajstić information content (AvgIpc) is 2.81. The molecule has 0 saturated carbocycles. The van der Waals surface area contributed by atoms with E-state index in [9.17, 15) is 0 Å². The second-order valence-corrected chi connectivity index (χ2v) is 8.08. The van der Waals surface area contributed by atoms with E-state index in [-0.39, 0.29) is 0 Å². The first-order valence-corrected chi connectivity index (χ1v) is 12.2. The summed E-state index contributed by atoms with van der Waals surface area (Å²) < 4.78 is 11.4. The average molecular weight is 424 g/mol. The topological polar surface area (TPSA) is 31.4 Å². The molecule has 3 heteroatoms. The molecule has 0 aliphatic carbocycles. The van der Waals surface area contributed by atoms with Crippen molar-refractivity contribution >= 4 is 0 Å². The third-order valence-corrected chi connectivity index (χ3v) is 5.27. The zero-order chi connectivity index (χ0) is 22.0. The number of aromatic nitrogens is 1. The van der Waals surface area contributed by atoms with Crippen molar-refractivity contribution in [2.75, 3.05) is 19.8 Å². The van der Waals surface area contributed by atoms with E-state index in [1.807, 2.05) is 12.3 Å². The summed E-state index contributed by atoms with van der Waals surface area (Å²) in [5.41, 5.74) is 3.54. The molecule has 0 spiro atoms. The van der Waals surface area contributed by atoms with Crippen molar-refractivity contribution in [1.29, 1.82) is 0 Å². The number of benzene rings is 1. The van der Waals surface area contributed by atoms with Crippen LogP contribution in [0.4, 0.5) is 0 Å². The first-order chi connectivity index (χ1) is 15.3. The number of hydrogen-bond donors (Lipinski definition) is 0. The lowest BCUT2D eigenvalue weighted by Gasteiger charge is -2.08. The lowest BCUT2D eigenvalue weighted by molar-refractivity contribution is 0.130. The molecule has 1 aromatic heterocycles. The molecule has 170 valence electrons. The Labute approximate surface area is 189 Å². The number of hydrogen-bond acceptors (Lipinski definition) is 3. The molecule has 0 atom stereocenters. The van der Waals surface area contributed by atoms with Gasteiger partial charge in [0, 0.05) is 18.8 Å². The van der Waals surface area contributed by atoms with Crippen LogP contribution in [0.25, 0.3) is 11.3 Å². The third kappa shape index (κ3) is 11.2. The van der Waals surface area contributed by atoms with Gasteiger partial charge in [-0.25, -0.2) is 0 Å². The minimum Gasteiger partial charge on any atom is -0.492 e. The fourth-order valence-corrected chi connectivity index (χ4v) is 3.45. The normalized spacial score (nSPS) is 11.3. The predicted octanol–water partition coefficient (Wildman–Crippen LogP) is 7.79. The zero-order valence-corrected chi connectivity index (χ0v) is 19.7. The fourth-order valence-electron chi connectivity index (χ4n) is 3.45. The summed E-state index contributed by atoms with van der Waals surface area (Å²) in [7, 11) is 0. The van der Waals surface area contributed by atoms with Crippen molar-refractivity contribution < 1.29 is 9.47 Å². The van der Waals surface area contributed by atoms with E-state index in [1.54, 1.807) is 0 Å². The molecule has 1 heterocycles. The van der Waals surface area contributed by atoms with Crippen LogP contribution in [0.1, 0.15) is 77.2 Å². The van der Waals surface area contributed by atoms with Gasteiger partial charge in [-0.3, -0.25) is 4.98 Å². The summed E-state index contributed by atoms with van der Waals surface area (Å²) in [6.07, 6.45) is 18.0. The molecule has 2 rings (SSSR count). The van der Waals surface area contributed by atoms with Gasteiger partial charge < -0.3 is 9.47 Å². The van der Waals surface area contributed by atoms with Gasteiger partial charge in [0.15, 0.2) is 0 Å². The SMILES string of the molecule is CC/C=C/CCCCCOc1ccc(-c2ccc(CCCCCOCCC)cc2)nc1. The van der Waals surface area contributed by atoms with Crippen molar-refractivity contribution in [2.24, 2.45) is 0 Å². The first kappa shape index (κ1) is 25.1. The maximum absolute atomic E-state index is 5.84. The molecule has 0 bridgehead atoms. The fraction of sp³-hybridized carbons (Fsp3) is 0.536. The van der Waals surface area contributed by atoms with E-state index in [1.165, 1.54) is 37.7 Å². The molecule has 2 aromatic rings. The van der Waals surface area contributed by atoms with Crippen LogP contribution >= 0.6 is 0 Å². The number of unbranched alkanes of at least 4 members (excludes halogenated alkanes) is 5. The zero-order valence-electron chi connectivity index (χ0n) is 19.7. The highest BCUT2D eigenvalue weighted by molar-refractivity contribution is 5.59. The van der Waals surface area contributed by atoms with Gasteiger partial charge in [-0.05, 0) is 75.5 Å². The van der Waals surface area contributed by atoms with Crippen molar-refractivity contribution in [3.8, 4) is 17.0 Å². The number of rotatable bonds is 17. The Morgan fingerprint density at radius 3 is 2.32 bits per heavy atom. The molecule has 0 fully saturated rings. The van der Waals surface area contributed by atoms with Crippen LogP contribution in [0.2, 0.25) is 0 Å². The van der Waals surface area contributed by atoms with Gasteiger partial charge in [0.25, 0.3) is 0 Å². The van der Waals surface area contributed by atoms with Crippen LogP contribution in [0.5, 0.6) is 5.75 Å². The Kier molecular flexibility index (Phi) is 13.4. The molecular formula is C28H41NO2. The van der Waals surface area contributed by atoms with E-state index in [0.29, 0.717) is 0 Å². The smallest absolute Gasteiger partial charge is 0.137 e. The van der Waals surface area contributed by atoms with Crippen LogP contribution in [0, 0.1) is 0 Å². The van der Waals surface area contributed by atoms with Crippen LogP contribution in [-0.2, 0) is 11.2 Å². The molecule has 0 radical (unpaired) electrons. The molecule has 1 aromatic carbocycles. The summed E-state index contributed by atoms with van der Waals surface area (Å²) >= 11 is 0. The van der Waals surface area contributed by atoms with Gasteiger partial charge in [-0.2, -0.15) is 0 Å². The Balaban J connectivity index is 1.64. The van der Waals surface area contributed by atoms with Gasteiger partial charge in [0.1, 0.15) is 5.75 Å². The van der Waals surface area contributed by atoms with Crippen LogP contribution < -0.4 is 4.74 Å². The Bertz CT molecular complexity index is 707. The summed E-state index contributed by atoms with van der Waals surface area (Å²) in [5.74, 6) is 0.856. The van der Waals surface area contributed by atoms with Crippen LogP contribution in [0.15, 0.2) is 54.7 Å². The van der Waals surface area contributed by atoms with Gasteiger partial charge >= 0.3 is 0 Å². The van der Waals surface area contributed by atoms with Crippen molar-refractivity contribution in [3.05, 3.63) is 60.3 Å². The minimum absolute atomic E-state index is 0.762. The number of pyridine rings is 1. The molecule has 31 heavy (non-hydrogen) atoms. The van der Waals surface area contributed by atoms with Gasteiger partial charge in [-0.15, -0.1) is 0 Å². The molecule has 0 aliphatic heterocycles. The van der Waals surface area contributed by atoms with Crippen molar-refractivity contribution in [3.63, 3.8) is 0 Å². The lowest BCUT2D eigenvalue weighted by atomic mass is 10.0. The predicted molar refractivity (Wildman–Crippen MR) is 132 cm³/mol. The minimum atomic E-state index is 0.762. The maximum atomic E-state index is 5.84. The van der Waals surface area contributed by atoms with E-state index >= 15 is 0 Å². The summed E-state index contributed by atoms with van der Waals surface area (Å²) in [6, 6.07) is 12.9. The van der Waals surface area contributed by atoms with Crippen LogP contribution in [-0.4, -0.2) is 24.8 Å². The lowest BCUT2D eigenvalue weighted by Crippen LogP contribution is -1.98. The molecule has 0 saturated heterocycles. The number of aryl methyl sites for hydroxylation is 1. The van der Waals surface area contributed by atoms with Crippen LogP contribution in [0.3, 0.4) is 0 Å². The van der Waals surface area contributed by atoms with E-state index in [4.69, 9.17) is 9.47 Å². The number of allylic oxidation sites excluding steroid dienone is 2. The summed E-state index contributed by atoms with van der Waals surface area (Å²) in [4.78, 5) is 4.59. The number of ether oxygens (including phenoxy) is 2. The molecule has 0 amide bonds. The summed E-state index contributed by atoms with van der Waals surface area (Å²) in [5, 5.41) is 0. The number of nitrogens with zero attached hydrogens (tertiary/aromatic N) is 1.